The van der Waals surface area contributed by atoms with Crippen LogP contribution in [0.25, 0.3) is 0 Å². The Morgan fingerprint density at radius 2 is 1.18 bits per heavy atom. The first kappa shape index (κ1) is 23.7. The Bertz CT molecular complexity index is 1170. The largest absolute Gasteiger partial charge is 0.504 e. The van der Waals surface area contributed by atoms with Gasteiger partial charge in [0.05, 0.1) is 26.6 Å². The molecule has 2 aromatic carbocycles. The van der Waals surface area contributed by atoms with E-state index in [1.165, 1.54) is 44.8 Å². The lowest BCUT2D eigenvalue weighted by Crippen LogP contribution is -2.23. The zero-order valence-electron chi connectivity index (χ0n) is 18.2. The molecule has 0 aliphatic rings. The molecule has 0 fully saturated rings. The van der Waals surface area contributed by atoms with Gasteiger partial charge in [-0.2, -0.15) is 10.2 Å². The zero-order chi connectivity index (χ0) is 24.5. The molecule has 3 rings (SSSR count). The number of pyridine rings is 1. The van der Waals surface area contributed by atoms with Gasteiger partial charge in [0.15, 0.2) is 23.0 Å². The maximum Gasteiger partial charge on any atom is 0.289 e. The van der Waals surface area contributed by atoms with Crippen LogP contribution < -0.4 is 20.3 Å². The Hall–Kier alpha value is -4.93. The molecule has 174 valence electrons. The Morgan fingerprint density at radius 3 is 1.59 bits per heavy atom. The van der Waals surface area contributed by atoms with Crippen molar-refractivity contribution in [2.45, 2.75) is 0 Å². The number of amides is 2. The Balaban J connectivity index is 1.64. The number of rotatable bonds is 8. The summed E-state index contributed by atoms with van der Waals surface area (Å²) in [5.74, 6) is -1.05. The van der Waals surface area contributed by atoms with Gasteiger partial charge in [-0.15, -0.1) is 0 Å². The summed E-state index contributed by atoms with van der Waals surface area (Å²) in [6.07, 6.45) is 2.49. The number of nitrogens with zero attached hydrogens (tertiary/aromatic N) is 3. The monoisotopic (exact) mass is 463 g/mol. The number of methoxy groups -OCH3 is 2. The average Bonchev–Trinajstić information content (AvgIpc) is 2.86. The van der Waals surface area contributed by atoms with Gasteiger partial charge in [0.1, 0.15) is 11.4 Å². The van der Waals surface area contributed by atoms with Crippen LogP contribution in [0.2, 0.25) is 0 Å². The molecule has 0 bridgehead atoms. The molecular formula is C23H21N5O6. The molecule has 4 N–H and O–H groups in total. The number of hydrazone groups is 2. The summed E-state index contributed by atoms with van der Waals surface area (Å²) in [6.45, 7) is 0. The van der Waals surface area contributed by atoms with E-state index >= 15 is 0 Å². The van der Waals surface area contributed by atoms with Crippen molar-refractivity contribution in [3.05, 3.63) is 77.1 Å². The molecule has 1 aromatic heterocycles. The number of ether oxygens (including phenoxy) is 2. The van der Waals surface area contributed by atoms with Crippen molar-refractivity contribution in [1.29, 1.82) is 0 Å². The van der Waals surface area contributed by atoms with Crippen molar-refractivity contribution < 1.29 is 29.3 Å². The second kappa shape index (κ2) is 11.1. The summed E-state index contributed by atoms with van der Waals surface area (Å²) in [5.41, 5.74) is 5.10. The third kappa shape index (κ3) is 5.65. The van der Waals surface area contributed by atoms with Crippen LogP contribution in [0.4, 0.5) is 0 Å². The Kier molecular flexibility index (Phi) is 7.74. The molecule has 3 aromatic rings. The molecule has 0 aliphatic heterocycles. The highest BCUT2D eigenvalue weighted by atomic mass is 16.5. The quantitative estimate of drug-likeness (QED) is 0.294. The lowest BCUT2D eigenvalue weighted by Gasteiger charge is -2.05. The average molecular weight is 463 g/mol. The van der Waals surface area contributed by atoms with Crippen molar-refractivity contribution in [3.63, 3.8) is 0 Å². The highest BCUT2D eigenvalue weighted by molar-refractivity contribution is 5.97. The summed E-state index contributed by atoms with van der Waals surface area (Å²) in [6, 6.07) is 13.9. The van der Waals surface area contributed by atoms with Crippen LogP contribution >= 0.6 is 0 Å². The molecule has 0 aliphatic carbocycles. The third-order valence-electron chi connectivity index (χ3n) is 4.45. The second-order valence-electron chi connectivity index (χ2n) is 6.60. The van der Waals surface area contributed by atoms with Crippen LogP contribution in [0.3, 0.4) is 0 Å². The van der Waals surface area contributed by atoms with Gasteiger partial charge in [-0.1, -0.05) is 18.2 Å². The van der Waals surface area contributed by atoms with E-state index in [9.17, 15) is 19.8 Å². The molecule has 0 unspecified atom stereocenters. The normalized spacial score (nSPS) is 10.9. The van der Waals surface area contributed by atoms with E-state index < -0.39 is 11.8 Å². The summed E-state index contributed by atoms with van der Waals surface area (Å²) in [7, 11) is 2.83. The van der Waals surface area contributed by atoms with E-state index in [4.69, 9.17) is 9.47 Å². The number of carbonyl (C=O) groups is 2. The standard InChI is InChI=1S/C23H21N5O6/c1-33-18-10-3-6-14(20(18)29)12-24-27-22(31)16-8-5-9-17(26-16)23(32)28-25-13-15-7-4-11-19(34-2)21(15)30/h3-13,29-30H,1-2H3,(H,27,31)(H,28,32)/b24-12+,25-13+. The first-order chi connectivity index (χ1) is 16.4. The number of hydrogen-bond donors (Lipinski definition) is 4. The maximum atomic E-state index is 12.3. The Morgan fingerprint density at radius 1 is 0.765 bits per heavy atom. The third-order valence-corrected chi connectivity index (χ3v) is 4.45. The molecule has 0 spiro atoms. The molecule has 0 saturated carbocycles. The zero-order valence-corrected chi connectivity index (χ0v) is 18.2. The summed E-state index contributed by atoms with van der Waals surface area (Å²) < 4.78 is 10.0. The van der Waals surface area contributed by atoms with Gasteiger partial charge in [0.25, 0.3) is 11.8 Å². The number of aromatic nitrogens is 1. The smallest absolute Gasteiger partial charge is 0.289 e. The predicted molar refractivity (Wildman–Crippen MR) is 124 cm³/mol. The number of benzene rings is 2. The number of carbonyl (C=O) groups excluding carboxylic acids is 2. The van der Waals surface area contributed by atoms with E-state index in [1.54, 1.807) is 36.4 Å². The van der Waals surface area contributed by atoms with E-state index in [1.807, 2.05) is 0 Å². The van der Waals surface area contributed by atoms with Gasteiger partial charge in [-0.25, -0.2) is 15.8 Å². The summed E-state index contributed by atoms with van der Waals surface area (Å²) >= 11 is 0. The Labute approximate surface area is 194 Å². The second-order valence-corrected chi connectivity index (χ2v) is 6.60. The van der Waals surface area contributed by atoms with Crippen molar-refractivity contribution in [2.75, 3.05) is 14.2 Å². The topological polar surface area (TPSA) is 155 Å². The molecule has 1 heterocycles. The van der Waals surface area contributed by atoms with Crippen molar-refractivity contribution in [3.8, 4) is 23.0 Å². The van der Waals surface area contributed by atoms with E-state index in [0.29, 0.717) is 11.1 Å². The fraction of sp³-hybridized carbons (Fsp3) is 0.0870. The van der Waals surface area contributed by atoms with Crippen molar-refractivity contribution >= 4 is 24.2 Å². The number of aromatic hydroxyl groups is 2. The molecule has 11 nitrogen and oxygen atoms in total. The number of phenols is 2. The van der Waals surface area contributed by atoms with Gasteiger partial charge < -0.3 is 19.7 Å². The lowest BCUT2D eigenvalue weighted by atomic mass is 10.2. The van der Waals surface area contributed by atoms with Crippen LogP contribution in [0.15, 0.2) is 64.8 Å². The molecule has 34 heavy (non-hydrogen) atoms. The minimum Gasteiger partial charge on any atom is -0.504 e. The predicted octanol–water partition coefficient (Wildman–Crippen LogP) is 2.04. The van der Waals surface area contributed by atoms with Gasteiger partial charge in [0, 0.05) is 11.1 Å². The molecule has 11 heteroatoms. The number of nitrogens with one attached hydrogen (secondary N) is 2. The van der Waals surface area contributed by atoms with Crippen LogP contribution in [0, 0.1) is 0 Å². The SMILES string of the molecule is COc1cccc(/C=N/NC(=O)c2cccc(C(=O)N/N=C/c3cccc(OC)c3O)n2)c1O. The fourth-order valence-electron chi connectivity index (χ4n) is 2.74. The van der Waals surface area contributed by atoms with Gasteiger partial charge in [-0.3, -0.25) is 9.59 Å². The summed E-state index contributed by atoms with van der Waals surface area (Å²) in [4.78, 5) is 28.7. The van der Waals surface area contributed by atoms with Crippen molar-refractivity contribution in [1.82, 2.24) is 15.8 Å². The van der Waals surface area contributed by atoms with E-state index in [-0.39, 0.29) is 34.4 Å². The minimum absolute atomic E-state index is 0.0610. The first-order valence-electron chi connectivity index (χ1n) is 9.80. The van der Waals surface area contributed by atoms with Crippen LogP contribution in [-0.2, 0) is 0 Å². The van der Waals surface area contributed by atoms with Gasteiger partial charge in [0.2, 0.25) is 0 Å². The lowest BCUT2D eigenvalue weighted by molar-refractivity contribution is 0.0945. The van der Waals surface area contributed by atoms with E-state index in [2.05, 4.69) is 26.0 Å². The summed E-state index contributed by atoms with van der Waals surface area (Å²) in [5, 5.41) is 27.7. The molecule has 0 saturated heterocycles. The number of para-hydroxylation sites is 2. The van der Waals surface area contributed by atoms with Crippen LogP contribution in [0.5, 0.6) is 23.0 Å². The van der Waals surface area contributed by atoms with Crippen molar-refractivity contribution in [2.24, 2.45) is 10.2 Å². The van der Waals surface area contributed by atoms with Gasteiger partial charge in [-0.05, 0) is 36.4 Å². The molecule has 0 atom stereocenters. The first-order valence-corrected chi connectivity index (χ1v) is 9.80. The fourth-order valence-corrected chi connectivity index (χ4v) is 2.74. The van der Waals surface area contributed by atoms with Crippen LogP contribution in [-0.4, -0.2) is 53.7 Å². The number of hydrogen-bond acceptors (Lipinski definition) is 9. The minimum atomic E-state index is -0.668. The molecular weight excluding hydrogens is 442 g/mol. The molecule has 2 amide bonds. The molecule has 0 radical (unpaired) electrons. The van der Waals surface area contributed by atoms with Gasteiger partial charge >= 0.3 is 0 Å². The van der Waals surface area contributed by atoms with E-state index in [0.717, 1.165) is 0 Å². The number of phenolic OH excluding ortho intramolecular Hbond substituents is 2. The highest BCUT2D eigenvalue weighted by Crippen LogP contribution is 2.28. The highest BCUT2D eigenvalue weighted by Gasteiger charge is 2.12. The maximum absolute atomic E-state index is 12.3. The van der Waals surface area contributed by atoms with Crippen LogP contribution in [0.1, 0.15) is 32.1 Å².